The number of rotatable bonds is 6. The molecule has 2 aromatic rings. The van der Waals surface area contributed by atoms with Crippen LogP contribution in [0.25, 0.3) is 0 Å². The second-order valence-electron chi connectivity index (χ2n) is 6.66. The highest BCUT2D eigenvalue weighted by molar-refractivity contribution is 6.30. The molecule has 1 saturated carbocycles. The lowest BCUT2D eigenvalue weighted by molar-refractivity contribution is -0.138. The second kappa shape index (κ2) is 7.87. The van der Waals surface area contributed by atoms with Gasteiger partial charge in [-0.3, -0.25) is 9.59 Å². The number of hydrogen-bond acceptors (Lipinski definition) is 3. The van der Waals surface area contributed by atoms with Gasteiger partial charge in [-0.1, -0.05) is 23.7 Å². The van der Waals surface area contributed by atoms with Gasteiger partial charge in [-0.15, -0.1) is 0 Å². The molecule has 0 radical (unpaired) electrons. The fourth-order valence-corrected chi connectivity index (χ4v) is 3.19. The third kappa shape index (κ3) is 4.67. The van der Waals surface area contributed by atoms with Crippen molar-refractivity contribution in [2.75, 3.05) is 7.11 Å². The number of carbonyl (C=O) groups is 1. The number of aromatic nitrogens is 1. The van der Waals surface area contributed by atoms with E-state index in [2.05, 4.69) is 5.32 Å². The molecule has 9 heteroatoms. The quantitative estimate of drug-likeness (QED) is 0.782. The van der Waals surface area contributed by atoms with Crippen LogP contribution >= 0.6 is 11.6 Å². The molecule has 1 N–H and O–H groups in total. The molecule has 0 bridgehead atoms. The Bertz CT molecular complexity index is 922. The first-order chi connectivity index (χ1) is 13.2. The molecule has 1 fully saturated rings. The number of nitrogens with zero attached hydrogens (tertiary/aromatic N) is 1. The van der Waals surface area contributed by atoms with Gasteiger partial charge in [0, 0.05) is 6.20 Å². The number of ether oxygens (including phenoxy) is 1. The molecule has 5 nitrogen and oxygen atoms in total. The first kappa shape index (κ1) is 20.3. The van der Waals surface area contributed by atoms with Crippen molar-refractivity contribution in [1.29, 1.82) is 0 Å². The molecule has 1 amide bonds. The standard InChI is InChI=1S/C19H18ClF3N2O3/c1-28-14-6-4-12(5-7-14)17(11-2-3-11)24-16(26)10-25-9-13(19(21,22)23)8-15(20)18(25)27/h4-9,11,17H,2-3,10H2,1H3,(H,24,26). The van der Waals surface area contributed by atoms with Crippen LogP contribution in [0.2, 0.25) is 5.02 Å². The second-order valence-corrected chi connectivity index (χ2v) is 7.07. The molecule has 0 saturated heterocycles. The maximum absolute atomic E-state index is 12.9. The molecular weight excluding hydrogens is 397 g/mol. The van der Waals surface area contributed by atoms with Gasteiger partial charge in [0.25, 0.3) is 5.56 Å². The van der Waals surface area contributed by atoms with Crippen LogP contribution in [0.1, 0.15) is 30.0 Å². The van der Waals surface area contributed by atoms with Crippen LogP contribution in [0.5, 0.6) is 5.75 Å². The molecule has 0 aliphatic heterocycles. The van der Waals surface area contributed by atoms with E-state index in [1.54, 1.807) is 19.2 Å². The van der Waals surface area contributed by atoms with Gasteiger partial charge >= 0.3 is 6.18 Å². The van der Waals surface area contributed by atoms with E-state index in [-0.39, 0.29) is 12.0 Å². The van der Waals surface area contributed by atoms with Crippen LogP contribution < -0.4 is 15.6 Å². The van der Waals surface area contributed by atoms with Gasteiger partial charge in [0.1, 0.15) is 17.3 Å². The van der Waals surface area contributed by atoms with E-state index in [9.17, 15) is 22.8 Å². The first-order valence-corrected chi connectivity index (χ1v) is 8.97. The smallest absolute Gasteiger partial charge is 0.417 e. The van der Waals surface area contributed by atoms with Gasteiger partial charge < -0.3 is 14.6 Å². The molecule has 1 heterocycles. The highest BCUT2D eigenvalue weighted by Gasteiger charge is 2.34. The zero-order valence-electron chi connectivity index (χ0n) is 14.9. The van der Waals surface area contributed by atoms with E-state index in [0.717, 1.165) is 18.4 Å². The molecule has 1 aromatic heterocycles. The highest BCUT2D eigenvalue weighted by atomic mass is 35.5. The minimum absolute atomic E-state index is 0.249. The minimum Gasteiger partial charge on any atom is -0.497 e. The summed E-state index contributed by atoms with van der Waals surface area (Å²) in [4.78, 5) is 24.5. The summed E-state index contributed by atoms with van der Waals surface area (Å²) in [5.41, 5.74) is -1.07. The summed E-state index contributed by atoms with van der Waals surface area (Å²) in [6.45, 7) is -0.554. The van der Waals surface area contributed by atoms with Crippen molar-refractivity contribution in [2.45, 2.75) is 31.6 Å². The van der Waals surface area contributed by atoms with Crippen molar-refractivity contribution in [2.24, 2.45) is 5.92 Å². The predicted octanol–water partition coefficient (Wildman–Crippen LogP) is 3.80. The van der Waals surface area contributed by atoms with Gasteiger partial charge in [-0.25, -0.2) is 0 Å². The topological polar surface area (TPSA) is 60.3 Å². The molecule has 0 spiro atoms. The summed E-state index contributed by atoms with van der Waals surface area (Å²) < 4.78 is 44.6. The van der Waals surface area contributed by atoms with Gasteiger partial charge in [-0.2, -0.15) is 13.2 Å². The van der Waals surface area contributed by atoms with Crippen LogP contribution in [-0.2, 0) is 17.5 Å². The van der Waals surface area contributed by atoms with E-state index >= 15 is 0 Å². The number of halogens is 4. The summed E-state index contributed by atoms with van der Waals surface area (Å²) >= 11 is 5.62. The maximum atomic E-state index is 12.9. The summed E-state index contributed by atoms with van der Waals surface area (Å²) in [5, 5.41) is 2.24. The molecule has 3 rings (SSSR count). The highest BCUT2D eigenvalue weighted by Crippen LogP contribution is 2.41. The van der Waals surface area contributed by atoms with Crippen LogP contribution in [0, 0.1) is 5.92 Å². The number of methoxy groups -OCH3 is 1. The van der Waals surface area contributed by atoms with Crippen molar-refractivity contribution in [3.63, 3.8) is 0 Å². The lowest BCUT2D eigenvalue weighted by Gasteiger charge is -2.20. The Morgan fingerprint density at radius 2 is 1.96 bits per heavy atom. The van der Waals surface area contributed by atoms with E-state index in [1.165, 1.54) is 0 Å². The molecule has 1 atom stereocenters. The van der Waals surface area contributed by atoms with Crippen molar-refractivity contribution in [3.05, 3.63) is 63.0 Å². The molecule has 1 aliphatic carbocycles. The minimum atomic E-state index is -4.67. The fourth-order valence-electron chi connectivity index (χ4n) is 2.96. The number of alkyl halides is 3. The zero-order valence-corrected chi connectivity index (χ0v) is 15.7. The number of carbonyl (C=O) groups excluding carboxylic acids is 1. The van der Waals surface area contributed by atoms with Gasteiger partial charge in [0.05, 0.1) is 18.7 Å². The van der Waals surface area contributed by atoms with Gasteiger partial charge in [0.2, 0.25) is 5.91 Å². The largest absolute Gasteiger partial charge is 0.497 e. The van der Waals surface area contributed by atoms with E-state index in [0.29, 0.717) is 22.6 Å². The molecule has 150 valence electrons. The van der Waals surface area contributed by atoms with E-state index in [1.807, 2.05) is 12.1 Å². The lowest BCUT2D eigenvalue weighted by atomic mass is 10.0. The average molecular weight is 415 g/mol. The molecule has 28 heavy (non-hydrogen) atoms. The zero-order chi connectivity index (χ0) is 20.5. The molecule has 1 aromatic carbocycles. The third-order valence-electron chi connectivity index (χ3n) is 4.57. The number of amides is 1. The molecule has 1 aliphatic rings. The SMILES string of the molecule is COc1ccc(C(NC(=O)Cn2cc(C(F)(F)F)cc(Cl)c2=O)C2CC2)cc1. The average Bonchev–Trinajstić information content (AvgIpc) is 3.47. The van der Waals surface area contributed by atoms with Crippen LogP contribution in [0.15, 0.2) is 41.3 Å². The Morgan fingerprint density at radius 1 is 1.32 bits per heavy atom. The normalized spacial score (nSPS) is 15.2. The van der Waals surface area contributed by atoms with Crippen molar-refractivity contribution in [3.8, 4) is 5.75 Å². The molecular formula is C19H18ClF3N2O3. The third-order valence-corrected chi connectivity index (χ3v) is 4.84. The Labute approximate surface area is 164 Å². The maximum Gasteiger partial charge on any atom is 0.417 e. The summed E-state index contributed by atoms with van der Waals surface area (Å²) in [5.74, 6) is 0.360. The predicted molar refractivity (Wildman–Crippen MR) is 97.3 cm³/mol. The van der Waals surface area contributed by atoms with Gasteiger partial charge in [0.15, 0.2) is 0 Å². The first-order valence-electron chi connectivity index (χ1n) is 8.59. The Balaban J connectivity index is 1.78. The Morgan fingerprint density at radius 3 is 2.50 bits per heavy atom. The monoisotopic (exact) mass is 414 g/mol. The number of benzene rings is 1. The summed E-state index contributed by atoms with van der Waals surface area (Å²) in [6.07, 6.45) is -2.19. The Kier molecular flexibility index (Phi) is 5.69. The number of nitrogens with one attached hydrogen (secondary N) is 1. The van der Waals surface area contributed by atoms with Crippen molar-refractivity contribution in [1.82, 2.24) is 9.88 Å². The van der Waals surface area contributed by atoms with Crippen molar-refractivity contribution >= 4 is 17.5 Å². The Hall–Kier alpha value is -2.48. The summed E-state index contributed by atoms with van der Waals surface area (Å²) in [6, 6.07) is 7.48. The van der Waals surface area contributed by atoms with Crippen LogP contribution in [-0.4, -0.2) is 17.6 Å². The van der Waals surface area contributed by atoms with Crippen molar-refractivity contribution < 1.29 is 22.7 Å². The van der Waals surface area contributed by atoms with Crippen LogP contribution in [0.4, 0.5) is 13.2 Å². The number of hydrogen-bond donors (Lipinski definition) is 1. The fraction of sp³-hybridized carbons (Fsp3) is 0.368. The lowest BCUT2D eigenvalue weighted by Crippen LogP contribution is -2.36. The van der Waals surface area contributed by atoms with Gasteiger partial charge in [-0.05, 0) is 42.5 Å². The van der Waals surface area contributed by atoms with Crippen LogP contribution in [0.3, 0.4) is 0 Å². The van der Waals surface area contributed by atoms with E-state index < -0.39 is 34.8 Å². The van der Waals surface area contributed by atoms with E-state index in [4.69, 9.17) is 16.3 Å². The molecule has 1 unspecified atom stereocenters. The summed E-state index contributed by atoms with van der Waals surface area (Å²) in [7, 11) is 1.55. The number of pyridine rings is 1.